The highest BCUT2D eigenvalue weighted by Gasteiger charge is 2.16. The van der Waals surface area contributed by atoms with Crippen molar-refractivity contribution in [3.8, 4) is 0 Å². The van der Waals surface area contributed by atoms with Crippen LogP contribution in [0.15, 0.2) is 24.3 Å². The first-order valence-corrected chi connectivity index (χ1v) is 7.48. The van der Waals surface area contributed by atoms with Gasteiger partial charge in [-0.05, 0) is 52.0 Å². The van der Waals surface area contributed by atoms with E-state index in [-0.39, 0.29) is 0 Å². The molecule has 106 valence electrons. The number of aryl methyl sites for hydroxylation is 1. The minimum atomic E-state index is 1.14. The summed E-state index contributed by atoms with van der Waals surface area (Å²) < 4.78 is 0. The summed E-state index contributed by atoms with van der Waals surface area (Å²) in [6, 6.07) is 8.91. The van der Waals surface area contributed by atoms with E-state index in [2.05, 4.69) is 46.3 Å². The summed E-state index contributed by atoms with van der Waals surface area (Å²) >= 11 is 0. The summed E-state index contributed by atoms with van der Waals surface area (Å²) in [7, 11) is 2.03. The number of benzene rings is 1. The molecule has 3 heteroatoms. The van der Waals surface area contributed by atoms with E-state index in [0.29, 0.717) is 0 Å². The number of hydrogen-bond donors (Lipinski definition) is 1. The van der Waals surface area contributed by atoms with E-state index in [1.165, 1.54) is 43.7 Å². The molecule has 1 aliphatic rings. The molecule has 1 saturated heterocycles. The fourth-order valence-electron chi connectivity index (χ4n) is 2.62. The molecule has 0 spiro atoms. The van der Waals surface area contributed by atoms with Gasteiger partial charge in [0.2, 0.25) is 0 Å². The standard InChI is InChI=1S/C16H27N3/c1-15-5-7-16(8-6-15)19-13-11-18(12-14-19)10-4-3-9-17-2/h5-8,17H,3-4,9-14H2,1-2H3. The third kappa shape index (κ3) is 4.51. The minimum Gasteiger partial charge on any atom is -0.369 e. The first kappa shape index (κ1) is 14.4. The molecule has 0 atom stereocenters. The molecule has 0 aromatic heterocycles. The molecule has 1 N–H and O–H groups in total. The van der Waals surface area contributed by atoms with E-state index in [1.807, 2.05) is 7.05 Å². The van der Waals surface area contributed by atoms with Crippen LogP contribution in [-0.2, 0) is 0 Å². The highest BCUT2D eigenvalue weighted by Crippen LogP contribution is 2.17. The van der Waals surface area contributed by atoms with Crippen LogP contribution >= 0.6 is 0 Å². The Morgan fingerprint density at radius 3 is 2.32 bits per heavy atom. The van der Waals surface area contributed by atoms with Gasteiger partial charge in [0.15, 0.2) is 0 Å². The Kier molecular flexibility index (Phi) is 5.67. The number of piperazine rings is 1. The lowest BCUT2D eigenvalue weighted by molar-refractivity contribution is 0.253. The molecule has 0 unspecified atom stereocenters. The molecule has 0 amide bonds. The minimum absolute atomic E-state index is 1.14. The van der Waals surface area contributed by atoms with Crippen LogP contribution in [0.4, 0.5) is 5.69 Å². The number of nitrogens with one attached hydrogen (secondary N) is 1. The molecule has 0 aliphatic carbocycles. The van der Waals surface area contributed by atoms with Crippen LogP contribution in [0.3, 0.4) is 0 Å². The summed E-state index contributed by atoms with van der Waals surface area (Å²) in [5, 5.41) is 3.21. The fourth-order valence-corrected chi connectivity index (χ4v) is 2.62. The molecule has 3 nitrogen and oxygen atoms in total. The van der Waals surface area contributed by atoms with Crippen LogP contribution in [0.1, 0.15) is 18.4 Å². The smallest absolute Gasteiger partial charge is 0.0367 e. The van der Waals surface area contributed by atoms with Gasteiger partial charge in [-0.25, -0.2) is 0 Å². The molecular weight excluding hydrogens is 234 g/mol. The number of hydrogen-bond acceptors (Lipinski definition) is 3. The predicted molar refractivity (Wildman–Crippen MR) is 83.0 cm³/mol. The third-order valence-electron chi connectivity index (χ3n) is 3.92. The van der Waals surface area contributed by atoms with E-state index in [0.717, 1.165) is 19.6 Å². The molecule has 1 aromatic carbocycles. The van der Waals surface area contributed by atoms with Crippen molar-refractivity contribution in [1.29, 1.82) is 0 Å². The lowest BCUT2D eigenvalue weighted by Gasteiger charge is -2.36. The molecule has 0 radical (unpaired) electrons. The van der Waals surface area contributed by atoms with Crippen molar-refractivity contribution in [3.05, 3.63) is 29.8 Å². The van der Waals surface area contributed by atoms with Crippen LogP contribution in [-0.4, -0.2) is 51.2 Å². The lowest BCUT2D eigenvalue weighted by Crippen LogP contribution is -2.46. The number of unbranched alkanes of at least 4 members (excludes halogenated alkanes) is 1. The quantitative estimate of drug-likeness (QED) is 0.791. The maximum atomic E-state index is 3.21. The molecule has 1 aromatic rings. The second-order valence-electron chi connectivity index (χ2n) is 5.47. The molecule has 0 saturated carbocycles. The average molecular weight is 261 g/mol. The molecule has 0 bridgehead atoms. The van der Waals surface area contributed by atoms with Crippen molar-refractivity contribution in [2.24, 2.45) is 0 Å². The fraction of sp³-hybridized carbons (Fsp3) is 0.625. The highest BCUT2D eigenvalue weighted by atomic mass is 15.3. The van der Waals surface area contributed by atoms with Gasteiger partial charge in [-0.15, -0.1) is 0 Å². The van der Waals surface area contributed by atoms with Crippen molar-refractivity contribution in [2.75, 3.05) is 51.2 Å². The highest BCUT2D eigenvalue weighted by molar-refractivity contribution is 5.47. The second kappa shape index (κ2) is 7.51. The maximum absolute atomic E-state index is 3.21. The molecular formula is C16H27N3. The van der Waals surface area contributed by atoms with E-state index >= 15 is 0 Å². The van der Waals surface area contributed by atoms with Gasteiger partial charge < -0.3 is 10.2 Å². The van der Waals surface area contributed by atoms with Crippen molar-refractivity contribution in [3.63, 3.8) is 0 Å². The lowest BCUT2D eigenvalue weighted by atomic mass is 10.2. The average Bonchev–Trinajstić information content (AvgIpc) is 2.45. The number of nitrogens with zero attached hydrogens (tertiary/aromatic N) is 2. The SMILES string of the molecule is CNCCCCN1CCN(c2ccc(C)cc2)CC1. The summed E-state index contributed by atoms with van der Waals surface area (Å²) in [6.07, 6.45) is 2.60. The van der Waals surface area contributed by atoms with Gasteiger partial charge in [0.25, 0.3) is 0 Å². The summed E-state index contributed by atoms with van der Waals surface area (Å²) in [6.45, 7) is 9.27. The van der Waals surface area contributed by atoms with Gasteiger partial charge in [-0.1, -0.05) is 17.7 Å². The summed E-state index contributed by atoms with van der Waals surface area (Å²) in [5.74, 6) is 0. The van der Waals surface area contributed by atoms with Gasteiger partial charge in [0.05, 0.1) is 0 Å². The van der Waals surface area contributed by atoms with Gasteiger partial charge in [-0.3, -0.25) is 4.90 Å². The Balaban J connectivity index is 1.71. The van der Waals surface area contributed by atoms with Gasteiger partial charge in [0, 0.05) is 31.9 Å². The van der Waals surface area contributed by atoms with Gasteiger partial charge >= 0.3 is 0 Å². The molecule has 1 fully saturated rings. The molecule has 2 rings (SSSR count). The number of rotatable bonds is 6. The van der Waals surface area contributed by atoms with Crippen LogP contribution in [0, 0.1) is 6.92 Å². The Hall–Kier alpha value is -1.06. The molecule has 1 heterocycles. The zero-order valence-corrected chi connectivity index (χ0v) is 12.4. The van der Waals surface area contributed by atoms with Crippen LogP contribution in [0.5, 0.6) is 0 Å². The first-order valence-electron chi connectivity index (χ1n) is 7.48. The summed E-state index contributed by atoms with van der Waals surface area (Å²) in [5.41, 5.74) is 2.72. The van der Waals surface area contributed by atoms with Gasteiger partial charge in [-0.2, -0.15) is 0 Å². The van der Waals surface area contributed by atoms with Crippen LogP contribution < -0.4 is 10.2 Å². The Labute approximate surface area is 117 Å². The predicted octanol–water partition coefficient (Wildman–Crippen LogP) is 2.12. The number of anilines is 1. The largest absolute Gasteiger partial charge is 0.369 e. The van der Waals surface area contributed by atoms with Crippen molar-refractivity contribution >= 4 is 5.69 Å². The van der Waals surface area contributed by atoms with E-state index in [9.17, 15) is 0 Å². The molecule has 1 aliphatic heterocycles. The van der Waals surface area contributed by atoms with Crippen molar-refractivity contribution in [2.45, 2.75) is 19.8 Å². The normalized spacial score (nSPS) is 16.8. The molecule has 19 heavy (non-hydrogen) atoms. The van der Waals surface area contributed by atoms with Crippen molar-refractivity contribution in [1.82, 2.24) is 10.2 Å². The topological polar surface area (TPSA) is 18.5 Å². The van der Waals surface area contributed by atoms with Crippen LogP contribution in [0.2, 0.25) is 0 Å². The Bertz CT molecular complexity index is 353. The van der Waals surface area contributed by atoms with E-state index in [4.69, 9.17) is 0 Å². The third-order valence-corrected chi connectivity index (χ3v) is 3.92. The summed E-state index contributed by atoms with van der Waals surface area (Å²) in [4.78, 5) is 5.10. The monoisotopic (exact) mass is 261 g/mol. The Morgan fingerprint density at radius 2 is 1.68 bits per heavy atom. The zero-order valence-electron chi connectivity index (χ0n) is 12.4. The second-order valence-corrected chi connectivity index (χ2v) is 5.47. The van der Waals surface area contributed by atoms with Crippen LogP contribution in [0.25, 0.3) is 0 Å². The van der Waals surface area contributed by atoms with E-state index < -0.39 is 0 Å². The van der Waals surface area contributed by atoms with Gasteiger partial charge in [0.1, 0.15) is 0 Å². The maximum Gasteiger partial charge on any atom is 0.0367 e. The first-order chi connectivity index (χ1) is 9.29. The zero-order chi connectivity index (χ0) is 13.5. The van der Waals surface area contributed by atoms with Crippen molar-refractivity contribution < 1.29 is 0 Å². The Morgan fingerprint density at radius 1 is 1.00 bits per heavy atom. The van der Waals surface area contributed by atoms with E-state index in [1.54, 1.807) is 0 Å².